The highest BCUT2D eigenvalue weighted by Crippen LogP contribution is 2.54. The van der Waals surface area contributed by atoms with Crippen LogP contribution in [0, 0.1) is 0 Å². The highest BCUT2D eigenvalue weighted by atomic mass is 16.3. The van der Waals surface area contributed by atoms with E-state index in [1.807, 2.05) is 59.5 Å². The van der Waals surface area contributed by atoms with E-state index < -0.39 is 6.04 Å². The van der Waals surface area contributed by atoms with Crippen LogP contribution in [-0.4, -0.2) is 0 Å². The van der Waals surface area contributed by atoms with Crippen LogP contribution in [0.5, 0.6) is 0 Å². The first-order valence-corrected chi connectivity index (χ1v) is 21.2. The van der Waals surface area contributed by atoms with Crippen molar-refractivity contribution in [1.82, 2.24) is 0 Å². The monoisotopic (exact) mass is 807 g/mol. The van der Waals surface area contributed by atoms with Crippen molar-refractivity contribution >= 4 is 56.1 Å². The van der Waals surface area contributed by atoms with E-state index in [1.165, 1.54) is 0 Å². The van der Waals surface area contributed by atoms with Crippen LogP contribution in [0.1, 0.15) is 6.85 Å². The predicted molar refractivity (Wildman–Crippen MR) is 263 cm³/mol. The number of fused-ring (bicyclic) bond motifs is 13. The molecule has 11 aromatic rings. The molecule has 3 nitrogen and oxygen atoms in total. The number of benzene rings is 10. The number of hydrogen-bond donors (Lipinski definition) is 0. The van der Waals surface area contributed by atoms with Crippen LogP contribution in [0.15, 0.2) is 235 Å². The van der Waals surface area contributed by atoms with Gasteiger partial charge in [-0.1, -0.05) is 176 Å². The fourth-order valence-corrected chi connectivity index (χ4v) is 9.87. The van der Waals surface area contributed by atoms with E-state index in [1.54, 1.807) is 0 Å². The zero-order valence-corrected chi connectivity index (χ0v) is 33.9. The van der Waals surface area contributed by atoms with Crippen molar-refractivity contribution in [3.05, 3.63) is 230 Å². The van der Waals surface area contributed by atoms with Crippen LogP contribution in [0.4, 0.5) is 34.1 Å². The molecule has 2 aliphatic rings. The Morgan fingerprint density at radius 2 is 0.794 bits per heavy atom. The van der Waals surface area contributed by atoms with E-state index in [0.717, 1.165) is 106 Å². The first-order chi connectivity index (χ1) is 33.3. The van der Waals surface area contributed by atoms with Crippen molar-refractivity contribution in [2.45, 2.75) is 0 Å². The Hall–Kier alpha value is -8.40. The van der Waals surface area contributed by atoms with Crippen molar-refractivity contribution in [3.8, 4) is 66.8 Å². The second kappa shape index (κ2) is 14.1. The second-order valence-corrected chi connectivity index (χ2v) is 16.1. The molecule has 0 radical (unpaired) electrons. The van der Waals surface area contributed by atoms with Gasteiger partial charge >= 0.3 is 0 Å². The summed E-state index contributed by atoms with van der Waals surface area (Å²) in [6, 6.07) is 67.7. The molecule has 3 heterocycles. The molecule has 13 rings (SSSR count). The molecule has 2 aliphatic heterocycles. The molecule has 63 heavy (non-hydrogen) atoms. The van der Waals surface area contributed by atoms with E-state index in [-0.39, 0.29) is 29.9 Å². The first kappa shape index (κ1) is 30.6. The second-order valence-electron chi connectivity index (χ2n) is 16.1. The van der Waals surface area contributed by atoms with Gasteiger partial charge in [0.25, 0.3) is 0 Å². The fourth-order valence-electron chi connectivity index (χ4n) is 9.87. The minimum atomic E-state index is -0.432. The average molecular weight is 808 g/mol. The third-order valence-electron chi connectivity index (χ3n) is 12.6. The summed E-state index contributed by atoms with van der Waals surface area (Å²) in [6.45, 7) is 0. The molecule has 0 amide bonds. The highest BCUT2D eigenvalue weighted by Gasteiger charge is 2.29. The number of rotatable bonds is 4. The number of hydrogen-bond acceptors (Lipinski definition) is 3. The Kier molecular flexibility index (Phi) is 6.84. The summed E-state index contributed by atoms with van der Waals surface area (Å²) in [7, 11) is 0. The van der Waals surface area contributed by atoms with Crippen molar-refractivity contribution in [2.75, 3.05) is 9.80 Å². The molecule has 0 bridgehead atoms. The minimum absolute atomic E-state index is 0.0918. The zero-order valence-electron chi connectivity index (χ0n) is 38.9. The molecule has 3 heteroatoms. The van der Waals surface area contributed by atoms with Gasteiger partial charge in [0.05, 0.1) is 29.6 Å². The smallest absolute Gasteiger partial charge is 0.143 e. The molecule has 0 atom stereocenters. The summed E-state index contributed by atoms with van der Waals surface area (Å²) >= 11 is 0. The third-order valence-corrected chi connectivity index (χ3v) is 12.6. The largest absolute Gasteiger partial charge is 0.455 e. The van der Waals surface area contributed by atoms with Crippen LogP contribution in [0.3, 0.4) is 0 Å². The van der Waals surface area contributed by atoms with Gasteiger partial charge in [-0.05, 0) is 93.5 Å². The van der Waals surface area contributed by atoms with Gasteiger partial charge in [0.15, 0.2) is 0 Å². The summed E-state index contributed by atoms with van der Waals surface area (Å²) in [4.78, 5) is 4.23. The number of anilines is 6. The van der Waals surface area contributed by atoms with Crippen molar-refractivity contribution in [2.24, 2.45) is 0 Å². The van der Waals surface area contributed by atoms with Gasteiger partial charge in [-0.2, -0.15) is 0 Å². The highest BCUT2D eigenvalue weighted by molar-refractivity contribution is 6.10. The van der Waals surface area contributed by atoms with Gasteiger partial charge < -0.3 is 14.2 Å². The van der Waals surface area contributed by atoms with Gasteiger partial charge in [-0.15, -0.1) is 0 Å². The molecule has 0 unspecified atom stereocenters. The summed E-state index contributed by atoms with van der Waals surface area (Å²) < 4.78 is 51.1. The number of nitrogens with zero attached hydrogens (tertiary/aromatic N) is 2. The molecule has 1 aromatic heterocycles. The lowest BCUT2D eigenvalue weighted by molar-refractivity contribution is 0.670. The van der Waals surface area contributed by atoms with Crippen LogP contribution < -0.4 is 9.80 Å². The maximum Gasteiger partial charge on any atom is 0.143 e. The Morgan fingerprint density at radius 1 is 0.317 bits per heavy atom. The van der Waals surface area contributed by atoms with Crippen LogP contribution >= 0.6 is 0 Å². The summed E-state index contributed by atoms with van der Waals surface area (Å²) in [5.74, 6) is 0. The lowest BCUT2D eigenvalue weighted by atomic mass is 9.91. The Labute approximate surface area is 373 Å². The molecule has 0 spiro atoms. The predicted octanol–water partition coefficient (Wildman–Crippen LogP) is 17.2. The standard InChI is InChI=1S/C60H38N2O/c1-2-17-42(18-3-1)61-55-29-11-8-24-49(55)45-20-4-6-22-47(45)51-34-32-39(37-57(51)61)40-33-35-52-48-23-7-5-21-46(48)50-25-9-12-30-56(50)62(58(52)38-40)43-19-14-16-41(36-43)44-27-15-28-54-53-26-10-13-31-59(53)63-60(44)54/h1-38H/i1D,2D,3D,17D,18D. The molecule has 10 aromatic carbocycles. The van der Waals surface area contributed by atoms with Gasteiger partial charge in [-0.3, -0.25) is 0 Å². The lowest BCUT2D eigenvalue weighted by Gasteiger charge is -2.29. The zero-order chi connectivity index (χ0) is 45.8. The lowest BCUT2D eigenvalue weighted by Crippen LogP contribution is -2.11. The average Bonchev–Trinajstić information content (AvgIpc) is 3.66. The van der Waals surface area contributed by atoms with E-state index in [2.05, 4.69) is 150 Å². The Bertz CT molecular complexity index is 3880. The Morgan fingerprint density at radius 3 is 1.41 bits per heavy atom. The molecule has 0 saturated carbocycles. The topological polar surface area (TPSA) is 19.6 Å². The molecular weight excluding hydrogens is 765 g/mol. The molecule has 0 N–H and O–H groups in total. The number of furan rings is 1. The minimum Gasteiger partial charge on any atom is -0.455 e. The van der Waals surface area contributed by atoms with Crippen LogP contribution in [0.25, 0.3) is 88.7 Å². The van der Waals surface area contributed by atoms with Crippen molar-refractivity contribution < 1.29 is 11.3 Å². The van der Waals surface area contributed by atoms with Gasteiger partial charge in [0, 0.05) is 50.0 Å². The van der Waals surface area contributed by atoms with Crippen molar-refractivity contribution in [1.29, 1.82) is 0 Å². The number of para-hydroxylation sites is 5. The van der Waals surface area contributed by atoms with Gasteiger partial charge in [-0.25, -0.2) is 0 Å². The first-order valence-electron chi connectivity index (χ1n) is 23.7. The fraction of sp³-hybridized carbons (Fsp3) is 0. The van der Waals surface area contributed by atoms with Gasteiger partial charge in [0.1, 0.15) is 11.2 Å². The van der Waals surface area contributed by atoms with Crippen molar-refractivity contribution in [3.63, 3.8) is 0 Å². The van der Waals surface area contributed by atoms with Gasteiger partial charge in [0.2, 0.25) is 0 Å². The quantitative estimate of drug-likeness (QED) is 0.177. The maximum atomic E-state index is 9.26. The van der Waals surface area contributed by atoms with E-state index >= 15 is 0 Å². The van der Waals surface area contributed by atoms with E-state index in [4.69, 9.17) is 8.53 Å². The van der Waals surface area contributed by atoms with Crippen LogP contribution in [-0.2, 0) is 0 Å². The third kappa shape index (κ3) is 5.53. The molecule has 0 saturated heterocycles. The molecule has 294 valence electrons. The maximum absolute atomic E-state index is 9.26. The van der Waals surface area contributed by atoms with E-state index in [9.17, 15) is 2.74 Å². The molecular formula is C60H38N2O. The molecule has 0 fully saturated rings. The molecule has 0 aliphatic carbocycles. The summed E-state index contributed by atoms with van der Waals surface area (Å²) in [6.07, 6.45) is 0. The van der Waals surface area contributed by atoms with E-state index in [0.29, 0.717) is 11.4 Å². The normalized spacial score (nSPS) is 13.5. The SMILES string of the molecule is [2H]c1c([2H])c([2H])c(N2c3ccccc3-c3ccccc3-c3ccc(-c4ccc5c(c4)N(c4cccc(-c6cccc7c6oc6ccccc67)c4)c4ccccc4-c4ccccc4-5)cc32)c([2H])c1[2H]. The summed E-state index contributed by atoms with van der Waals surface area (Å²) in [5.41, 5.74) is 18.3. The summed E-state index contributed by atoms with van der Waals surface area (Å²) in [5, 5.41) is 2.16. The Balaban J connectivity index is 1.04. The van der Waals surface area contributed by atoms with Crippen LogP contribution in [0.2, 0.25) is 0 Å².